The highest BCUT2D eigenvalue weighted by Crippen LogP contribution is 2.28. The number of carboxylic acid groups (broad SMARTS) is 1. The van der Waals surface area contributed by atoms with Crippen molar-refractivity contribution in [1.29, 1.82) is 10.5 Å². The molecule has 0 aromatic heterocycles. The van der Waals surface area contributed by atoms with Crippen LogP contribution in [0.2, 0.25) is 0 Å². The van der Waals surface area contributed by atoms with Crippen LogP contribution in [0.15, 0.2) is 36.4 Å². The Kier molecular flexibility index (Phi) is 2.79. The lowest BCUT2D eigenvalue weighted by molar-refractivity contribution is 0.0697. The summed E-state index contributed by atoms with van der Waals surface area (Å²) in [6.07, 6.45) is 1.82. The van der Waals surface area contributed by atoms with Crippen molar-refractivity contribution in [2.45, 2.75) is 0 Å². The number of rotatable bonds is 1. The number of fused-ring (bicyclic) bond motifs is 3. The van der Waals surface area contributed by atoms with Crippen molar-refractivity contribution >= 4 is 17.6 Å². The number of hydrogen-bond acceptors (Lipinski definition) is 3. The lowest BCUT2D eigenvalue weighted by Gasteiger charge is -2.05. The van der Waals surface area contributed by atoms with Gasteiger partial charge in [0.05, 0.1) is 5.56 Å². The molecule has 0 bridgehead atoms. The van der Waals surface area contributed by atoms with Crippen molar-refractivity contribution in [2.24, 2.45) is 0 Å². The largest absolute Gasteiger partial charge is 0.478 e. The van der Waals surface area contributed by atoms with Gasteiger partial charge in [-0.05, 0) is 28.5 Å². The predicted octanol–water partition coefficient (Wildman–Crippen LogP) is 1.39. The van der Waals surface area contributed by atoms with Crippen LogP contribution in [0.4, 0.5) is 0 Å². The molecule has 2 aromatic rings. The van der Waals surface area contributed by atoms with Crippen molar-refractivity contribution in [3.8, 4) is 23.3 Å². The van der Waals surface area contributed by atoms with Gasteiger partial charge in [0.15, 0.2) is 0 Å². The first kappa shape index (κ1) is 12.7. The van der Waals surface area contributed by atoms with E-state index in [0.29, 0.717) is 16.0 Å². The summed E-state index contributed by atoms with van der Waals surface area (Å²) in [5.74, 6) is -1.03. The van der Waals surface area contributed by atoms with E-state index in [4.69, 9.17) is 10.5 Å². The maximum atomic E-state index is 11.4. The number of aromatic carboxylic acids is 1. The molecule has 98 valence electrons. The van der Waals surface area contributed by atoms with Crippen LogP contribution in [-0.4, -0.2) is 11.1 Å². The van der Waals surface area contributed by atoms with Crippen LogP contribution in [0.3, 0.4) is 0 Å². The van der Waals surface area contributed by atoms with Gasteiger partial charge in [0.25, 0.3) is 0 Å². The molecule has 0 aliphatic heterocycles. The van der Waals surface area contributed by atoms with Gasteiger partial charge in [0.2, 0.25) is 0 Å². The molecule has 1 aliphatic carbocycles. The SMILES string of the molecule is N#CC(C#N)=c1ccc(C(=O)O)c2c1=Cc1ccccc1-2. The standard InChI is InChI=1S/C17H8N2O2/c18-8-11(9-19)12-5-6-14(17(20)21)16-13-4-2-1-3-10(13)7-15(12)16/h1-7H,(H,20,21). The van der Waals surface area contributed by atoms with Crippen LogP contribution in [0.1, 0.15) is 15.9 Å². The molecule has 0 unspecified atom stereocenters. The maximum absolute atomic E-state index is 11.4. The summed E-state index contributed by atoms with van der Waals surface area (Å²) in [5, 5.41) is 28.6. The molecule has 1 aliphatic rings. The van der Waals surface area contributed by atoms with Gasteiger partial charge in [0.1, 0.15) is 17.7 Å². The Hall–Kier alpha value is -3.37. The summed E-state index contributed by atoms with van der Waals surface area (Å²) >= 11 is 0. The molecule has 4 nitrogen and oxygen atoms in total. The van der Waals surface area contributed by atoms with E-state index in [1.807, 2.05) is 42.5 Å². The van der Waals surface area contributed by atoms with E-state index in [1.165, 1.54) is 12.1 Å². The molecule has 0 saturated heterocycles. The van der Waals surface area contributed by atoms with Gasteiger partial charge in [-0.2, -0.15) is 10.5 Å². The molecule has 4 heteroatoms. The molecular formula is C17H8N2O2. The summed E-state index contributed by atoms with van der Waals surface area (Å²) in [4.78, 5) is 11.4. The van der Waals surface area contributed by atoms with Gasteiger partial charge in [-0.25, -0.2) is 4.79 Å². The molecule has 0 fully saturated rings. The molecular weight excluding hydrogens is 264 g/mol. The van der Waals surface area contributed by atoms with E-state index >= 15 is 0 Å². The first-order valence-corrected chi connectivity index (χ1v) is 6.19. The first-order chi connectivity index (χ1) is 10.2. The lowest BCUT2D eigenvalue weighted by atomic mass is 9.98. The lowest BCUT2D eigenvalue weighted by Crippen LogP contribution is -2.28. The quantitative estimate of drug-likeness (QED) is 0.725. The van der Waals surface area contributed by atoms with Crippen molar-refractivity contribution in [3.63, 3.8) is 0 Å². The van der Waals surface area contributed by atoms with E-state index < -0.39 is 5.97 Å². The minimum atomic E-state index is -1.03. The molecule has 3 rings (SSSR count). The minimum Gasteiger partial charge on any atom is -0.478 e. The average Bonchev–Trinajstić information content (AvgIpc) is 2.88. The van der Waals surface area contributed by atoms with Crippen LogP contribution < -0.4 is 10.4 Å². The fourth-order valence-electron chi connectivity index (χ4n) is 2.61. The van der Waals surface area contributed by atoms with Crippen LogP contribution in [0.25, 0.3) is 22.8 Å². The topological polar surface area (TPSA) is 84.9 Å². The highest BCUT2D eigenvalue weighted by atomic mass is 16.4. The fourth-order valence-corrected chi connectivity index (χ4v) is 2.61. The van der Waals surface area contributed by atoms with Crippen LogP contribution in [0.5, 0.6) is 0 Å². The van der Waals surface area contributed by atoms with Crippen molar-refractivity contribution in [1.82, 2.24) is 0 Å². The van der Waals surface area contributed by atoms with Crippen molar-refractivity contribution in [3.05, 3.63) is 58.0 Å². The molecule has 21 heavy (non-hydrogen) atoms. The number of carboxylic acids is 1. The molecule has 0 spiro atoms. The molecule has 0 saturated carbocycles. The maximum Gasteiger partial charge on any atom is 0.336 e. The van der Waals surface area contributed by atoms with Crippen molar-refractivity contribution in [2.75, 3.05) is 0 Å². The van der Waals surface area contributed by atoms with Crippen LogP contribution in [0, 0.1) is 22.7 Å². The summed E-state index contributed by atoms with van der Waals surface area (Å²) in [6, 6.07) is 14.1. The number of nitriles is 2. The van der Waals surface area contributed by atoms with Gasteiger partial charge in [-0.1, -0.05) is 30.3 Å². The third kappa shape index (κ3) is 1.79. The first-order valence-electron chi connectivity index (χ1n) is 6.19. The zero-order valence-corrected chi connectivity index (χ0v) is 10.8. The Bertz CT molecular complexity index is 973. The molecule has 2 aromatic carbocycles. The van der Waals surface area contributed by atoms with Gasteiger partial charge in [-0.3, -0.25) is 0 Å². The highest BCUT2D eigenvalue weighted by molar-refractivity contribution is 6.00. The smallest absolute Gasteiger partial charge is 0.336 e. The number of nitrogens with zero attached hydrogens (tertiary/aromatic N) is 2. The molecule has 0 radical (unpaired) electrons. The Morgan fingerprint density at radius 1 is 1.05 bits per heavy atom. The average molecular weight is 272 g/mol. The number of benzene rings is 2. The second-order valence-corrected chi connectivity index (χ2v) is 4.58. The normalized spacial score (nSPS) is 10.6. The van der Waals surface area contributed by atoms with Gasteiger partial charge < -0.3 is 5.11 Å². The van der Waals surface area contributed by atoms with Gasteiger partial charge in [0, 0.05) is 10.8 Å². The summed E-state index contributed by atoms with van der Waals surface area (Å²) < 4.78 is 0. The van der Waals surface area contributed by atoms with Crippen LogP contribution in [-0.2, 0) is 0 Å². The molecule has 0 heterocycles. The number of carbonyl (C=O) groups is 1. The Morgan fingerprint density at radius 3 is 2.43 bits per heavy atom. The fraction of sp³-hybridized carbons (Fsp3) is 0. The molecule has 0 atom stereocenters. The third-order valence-electron chi connectivity index (χ3n) is 3.50. The summed E-state index contributed by atoms with van der Waals surface area (Å²) in [7, 11) is 0. The minimum absolute atomic E-state index is 0.0211. The van der Waals surface area contributed by atoms with Gasteiger partial charge in [-0.15, -0.1) is 0 Å². The zero-order valence-electron chi connectivity index (χ0n) is 10.8. The third-order valence-corrected chi connectivity index (χ3v) is 3.50. The van der Waals surface area contributed by atoms with E-state index in [9.17, 15) is 9.90 Å². The Balaban J connectivity index is 2.56. The van der Waals surface area contributed by atoms with E-state index in [2.05, 4.69) is 0 Å². The van der Waals surface area contributed by atoms with Crippen molar-refractivity contribution < 1.29 is 9.90 Å². The highest BCUT2D eigenvalue weighted by Gasteiger charge is 2.20. The summed E-state index contributed by atoms with van der Waals surface area (Å²) in [5.41, 5.74) is 2.41. The van der Waals surface area contributed by atoms with E-state index in [1.54, 1.807) is 0 Å². The zero-order chi connectivity index (χ0) is 15.0. The molecule has 0 amide bonds. The van der Waals surface area contributed by atoms with Crippen LogP contribution >= 0.6 is 0 Å². The second kappa shape index (κ2) is 4.63. The van der Waals surface area contributed by atoms with Gasteiger partial charge >= 0.3 is 5.97 Å². The summed E-state index contributed by atoms with van der Waals surface area (Å²) in [6.45, 7) is 0. The predicted molar refractivity (Wildman–Crippen MR) is 76.3 cm³/mol. The number of hydrogen-bond donors (Lipinski definition) is 1. The molecule has 1 N–H and O–H groups in total. The second-order valence-electron chi connectivity index (χ2n) is 4.58. The van der Waals surface area contributed by atoms with E-state index in [-0.39, 0.29) is 11.1 Å². The monoisotopic (exact) mass is 272 g/mol. The van der Waals surface area contributed by atoms with E-state index in [0.717, 1.165) is 11.1 Å². The Morgan fingerprint density at radius 2 is 1.76 bits per heavy atom. The Labute approximate surface area is 120 Å².